The number of hydrogen-bond acceptors (Lipinski definition) is 4. The van der Waals surface area contributed by atoms with Gasteiger partial charge in [0.1, 0.15) is 12.3 Å². The molecule has 1 amide bonds. The first-order valence-electron chi connectivity index (χ1n) is 10.3. The molecule has 1 aromatic carbocycles. The Kier molecular flexibility index (Phi) is 4.51. The van der Waals surface area contributed by atoms with Crippen LogP contribution in [-0.2, 0) is 11.2 Å². The molecule has 0 atom stereocenters. The highest BCUT2D eigenvalue weighted by atomic mass is 16.3. The molecule has 4 heterocycles. The minimum absolute atomic E-state index is 0.0543. The van der Waals surface area contributed by atoms with E-state index in [2.05, 4.69) is 28.1 Å². The van der Waals surface area contributed by atoms with E-state index in [1.54, 1.807) is 6.26 Å². The molecule has 0 unspecified atom stereocenters. The summed E-state index contributed by atoms with van der Waals surface area (Å²) < 4.78 is 5.55. The molecule has 1 saturated heterocycles. The lowest BCUT2D eigenvalue weighted by Gasteiger charge is -2.34. The van der Waals surface area contributed by atoms with Crippen LogP contribution in [0, 0.1) is 0 Å². The van der Waals surface area contributed by atoms with Crippen molar-refractivity contribution in [1.82, 2.24) is 4.90 Å². The van der Waals surface area contributed by atoms with E-state index in [1.807, 2.05) is 23.1 Å². The number of furan rings is 1. The molecule has 1 aromatic heterocycles. The Morgan fingerprint density at radius 3 is 2.61 bits per heavy atom. The second-order valence-electron chi connectivity index (χ2n) is 7.71. The molecule has 3 aliphatic rings. The van der Waals surface area contributed by atoms with Crippen LogP contribution in [0.25, 0.3) is 5.70 Å². The summed E-state index contributed by atoms with van der Waals surface area (Å²) in [5, 5.41) is 0. The van der Waals surface area contributed by atoms with Gasteiger partial charge in [0.25, 0.3) is 0 Å². The summed E-state index contributed by atoms with van der Waals surface area (Å²) in [5.74, 6) is 0.761. The number of carbonyl (C=O) groups excluding carboxylic acids is 1. The molecule has 1 fully saturated rings. The molecular weight excluding hydrogens is 350 g/mol. The van der Waals surface area contributed by atoms with Crippen molar-refractivity contribution in [3.63, 3.8) is 0 Å². The molecule has 0 bridgehead atoms. The Labute approximate surface area is 165 Å². The lowest BCUT2D eigenvalue weighted by molar-refractivity contribution is -0.126. The molecule has 144 valence electrons. The highest BCUT2D eigenvalue weighted by Crippen LogP contribution is 2.36. The first-order chi connectivity index (χ1) is 13.8. The number of benzene rings is 1. The monoisotopic (exact) mass is 375 g/mol. The quantitative estimate of drug-likeness (QED) is 0.800. The Bertz CT molecular complexity index is 935. The van der Waals surface area contributed by atoms with Crippen LogP contribution in [0.4, 0.5) is 5.69 Å². The summed E-state index contributed by atoms with van der Waals surface area (Å²) in [4.78, 5) is 21.7. The zero-order valence-corrected chi connectivity index (χ0v) is 16.1. The van der Waals surface area contributed by atoms with Gasteiger partial charge in [-0.15, -0.1) is 0 Å². The average molecular weight is 375 g/mol. The third kappa shape index (κ3) is 3.05. The minimum Gasteiger partial charge on any atom is -0.463 e. The fourth-order valence-electron chi connectivity index (χ4n) is 4.58. The maximum Gasteiger partial charge on any atom is 0.248 e. The van der Waals surface area contributed by atoms with E-state index in [4.69, 9.17) is 4.42 Å². The molecule has 5 rings (SSSR count). The standard InChI is InChI=1S/C23H25N3O2/c27-23-16-24-19(22-9-6-14-28-22)15-21-17-7-5-8-20(18(17)10-13-26(21)23)25-11-3-1-2-4-12-25/h5-9,14-15H,1-4,10-13,16H2. The fraction of sp³-hybridized carbons (Fsp3) is 0.391. The first kappa shape index (κ1) is 17.3. The summed E-state index contributed by atoms with van der Waals surface area (Å²) in [7, 11) is 0. The Hall–Kier alpha value is -2.82. The predicted octanol–water partition coefficient (Wildman–Crippen LogP) is 3.89. The van der Waals surface area contributed by atoms with Gasteiger partial charge in [0.05, 0.1) is 12.0 Å². The average Bonchev–Trinajstić information content (AvgIpc) is 3.04. The van der Waals surface area contributed by atoms with Crippen LogP contribution in [0.15, 0.2) is 52.1 Å². The van der Waals surface area contributed by atoms with E-state index in [1.165, 1.54) is 36.9 Å². The van der Waals surface area contributed by atoms with E-state index in [-0.39, 0.29) is 12.5 Å². The van der Waals surface area contributed by atoms with Crippen molar-refractivity contribution in [1.29, 1.82) is 0 Å². The van der Waals surface area contributed by atoms with Crippen molar-refractivity contribution in [2.45, 2.75) is 32.1 Å². The van der Waals surface area contributed by atoms with Crippen molar-refractivity contribution >= 4 is 23.0 Å². The second-order valence-corrected chi connectivity index (χ2v) is 7.71. The van der Waals surface area contributed by atoms with Gasteiger partial charge in [-0.25, -0.2) is 0 Å². The number of rotatable bonds is 2. The van der Waals surface area contributed by atoms with Gasteiger partial charge in [0.2, 0.25) is 5.91 Å². The van der Waals surface area contributed by atoms with E-state index < -0.39 is 0 Å². The van der Waals surface area contributed by atoms with Gasteiger partial charge >= 0.3 is 0 Å². The highest BCUT2D eigenvalue weighted by molar-refractivity contribution is 6.13. The number of carbonyl (C=O) groups is 1. The van der Waals surface area contributed by atoms with E-state index in [9.17, 15) is 4.79 Å². The molecule has 28 heavy (non-hydrogen) atoms. The SMILES string of the molecule is O=C1CN=C(c2ccco2)C=C2c3cccc(N4CCCCCC4)c3CCN12. The molecule has 0 aliphatic carbocycles. The zero-order valence-electron chi connectivity index (χ0n) is 16.1. The van der Waals surface area contributed by atoms with Crippen molar-refractivity contribution in [2.24, 2.45) is 4.99 Å². The molecule has 2 aromatic rings. The summed E-state index contributed by atoms with van der Waals surface area (Å²) in [6.07, 6.45) is 9.71. The molecule has 5 nitrogen and oxygen atoms in total. The number of fused-ring (bicyclic) bond motifs is 3. The number of amides is 1. The lowest BCUT2D eigenvalue weighted by Crippen LogP contribution is -2.37. The van der Waals surface area contributed by atoms with Gasteiger partial charge in [0, 0.05) is 30.9 Å². The van der Waals surface area contributed by atoms with Crippen LogP contribution >= 0.6 is 0 Å². The van der Waals surface area contributed by atoms with Gasteiger partial charge in [-0.1, -0.05) is 25.0 Å². The molecule has 0 saturated carbocycles. The highest BCUT2D eigenvalue weighted by Gasteiger charge is 2.30. The Morgan fingerprint density at radius 1 is 0.964 bits per heavy atom. The summed E-state index contributed by atoms with van der Waals surface area (Å²) >= 11 is 0. The van der Waals surface area contributed by atoms with Crippen LogP contribution in [0.2, 0.25) is 0 Å². The van der Waals surface area contributed by atoms with Crippen LogP contribution < -0.4 is 4.90 Å². The second kappa shape index (κ2) is 7.30. The topological polar surface area (TPSA) is 49.1 Å². The first-order valence-corrected chi connectivity index (χ1v) is 10.3. The predicted molar refractivity (Wildman–Crippen MR) is 111 cm³/mol. The van der Waals surface area contributed by atoms with E-state index >= 15 is 0 Å². The smallest absolute Gasteiger partial charge is 0.248 e. The molecule has 0 spiro atoms. The van der Waals surface area contributed by atoms with Crippen molar-refractivity contribution < 1.29 is 9.21 Å². The van der Waals surface area contributed by atoms with Crippen molar-refractivity contribution in [3.8, 4) is 0 Å². The van der Waals surface area contributed by atoms with E-state index in [0.717, 1.165) is 36.5 Å². The number of nitrogens with zero attached hydrogens (tertiary/aromatic N) is 3. The molecular formula is C23H25N3O2. The van der Waals surface area contributed by atoms with E-state index in [0.29, 0.717) is 12.3 Å². The van der Waals surface area contributed by atoms with Gasteiger partial charge in [-0.3, -0.25) is 9.79 Å². The van der Waals surface area contributed by atoms with Gasteiger partial charge < -0.3 is 14.2 Å². The van der Waals surface area contributed by atoms with Crippen LogP contribution in [0.3, 0.4) is 0 Å². The maximum atomic E-state index is 12.7. The van der Waals surface area contributed by atoms with Gasteiger partial charge in [0.15, 0.2) is 5.76 Å². The molecule has 3 aliphatic heterocycles. The number of allylic oxidation sites excluding steroid dienone is 1. The Morgan fingerprint density at radius 2 is 1.82 bits per heavy atom. The van der Waals surface area contributed by atoms with Gasteiger partial charge in [-0.05, 0) is 49.1 Å². The minimum atomic E-state index is 0.0543. The largest absolute Gasteiger partial charge is 0.463 e. The van der Waals surface area contributed by atoms with Crippen molar-refractivity contribution in [3.05, 3.63) is 59.6 Å². The molecule has 0 radical (unpaired) electrons. The van der Waals surface area contributed by atoms with Crippen LogP contribution in [0.5, 0.6) is 0 Å². The zero-order chi connectivity index (χ0) is 18.9. The lowest BCUT2D eigenvalue weighted by atomic mass is 9.93. The fourth-order valence-corrected chi connectivity index (χ4v) is 4.58. The van der Waals surface area contributed by atoms with Crippen LogP contribution in [0.1, 0.15) is 42.6 Å². The van der Waals surface area contributed by atoms with Gasteiger partial charge in [-0.2, -0.15) is 0 Å². The third-order valence-corrected chi connectivity index (χ3v) is 5.98. The summed E-state index contributed by atoms with van der Waals surface area (Å²) in [6, 6.07) is 10.3. The summed E-state index contributed by atoms with van der Waals surface area (Å²) in [6.45, 7) is 3.12. The maximum absolute atomic E-state index is 12.7. The Balaban J connectivity index is 1.59. The molecule has 5 heteroatoms. The molecule has 0 N–H and O–H groups in total. The third-order valence-electron chi connectivity index (χ3n) is 5.98. The summed E-state index contributed by atoms with van der Waals surface area (Å²) in [5.41, 5.74) is 5.55. The van der Waals surface area contributed by atoms with Crippen LogP contribution in [-0.4, -0.2) is 42.7 Å². The number of aliphatic imine (C=N–C) groups is 1. The number of hydrogen-bond donors (Lipinski definition) is 0. The van der Waals surface area contributed by atoms with Crippen molar-refractivity contribution in [2.75, 3.05) is 31.1 Å². The number of anilines is 1. The normalized spacial score (nSPS) is 19.9.